The number of rotatable bonds is 2. The fourth-order valence-corrected chi connectivity index (χ4v) is 3.22. The highest BCUT2D eigenvalue weighted by atomic mass is 35.5. The number of morpholine rings is 1. The van der Waals surface area contributed by atoms with Crippen molar-refractivity contribution in [3.63, 3.8) is 0 Å². The van der Waals surface area contributed by atoms with Crippen molar-refractivity contribution in [1.29, 1.82) is 0 Å². The molecule has 3 heterocycles. The molecular weight excluding hydrogens is 304 g/mol. The van der Waals surface area contributed by atoms with Gasteiger partial charge >= 0.3 is 0 Å². The van der Waals surface area contributed by atoms with Gasteiger partial charge in [-0.1, -0.05) is 11.6 Å². The van der Waals surface area contributed by atoms with E-state index in [2.05, 4.69) is 22.0 Å². The predicted octanol–water partition coefficient (Wildman–Crippen LogP) is 1.59. The summed E-state index contributed by atoms with van der Waals surface area (Å²) in [7, 11) is 0. The SMILES string of the molecule is C[C@H]1COCCN1C(=O)C1CCN(c2ccc(Cl)nn2)CC1. The lowest BCUT2D eigenvalue weighted by Gasteiger charge is -2.38. The molecule has 2 aliphatic heterocycles. The number of carbonyl (C=O) groups is 1. The van der Waals surface area contributed by atoms with Crippen molar-refractivity contribution < 1.29 is 9.53 Å². The molecule has 2 aliphatic rings. The molecule has 3 rings (SSSR count). The molecule has 0 aliphatic carbocycles. The Kier molecular flexibility index (Phi) is 4.78. The first-order valence-electron chi connectivity index (χ1n) is 7.77. The van der Waals surface area contributed by atoms with Gasteiger partial charge in [0, 0.05) is 25.6 Å². The van der Waals surface area contributed by atoms with Gasteiger partial charge in [0.1, 0.15) is 0 Å². The van der Waals surface area contributed by atoms with Crippen LogP contribution in [0.3, 0.4) is 0 Å². The molecule has 1 aromatic rings. The van der Waals surface area contributed by atoms with Crippen LogP contribution in [0.5, 0.6) is 0 Å². The van der Waals surface area contributed by atoms with E-state index in [9.17, 15) is 4.79 Å². The largest absolute Gasteiger partial charge is 0.377 e. The Morgan fingerprint density at radius 3 is 2.68 bits per heavy atom. The van der Waals surface area contributed by atoms with E-state index in [1.165, 1.54) is 0 Å². The first-order valence-corrected chi connectivity index (χ1v) is 8.15. The molecule has 0 bridgehead atoms. The summed E-state index contributed by atoms with van der Waals surface area (Å²) in [5.74, 6) is 1.21. The molecule has 0 saturated carbocycles. The topological polar surface area (TPSA) is 58.6 Å². The summed E-state index contributed by atoms with van der Waals surface area (Å²) in [6.45, 7) is 5.70. The Morgan fingerprint density at radius 2 is 2.05 bits per heavy atom. The lowest BCUT2D eigenvalue weighted by atomic mass is 9.94. The summed E-state index contributed by atoms with van der Waals surface area (Å²) >= 11 is 5.76. The van der Waals surface area contributed by atoms with Crippen molar-refractivity contribution in [3.05, 3.63) is 17.3 Å². The van der Waals surface area contributed by atoms with Crippen LogP contribution in [0.25, 0.3) is 0 Å². The second kappa shape index (κ2) is 6.79. The van der Waals surface area contributed by atoms with Gasteiger partial charge in [-0.2, -0.15) is 0 Å². The Balaban J connectivity index is 1.57. The summed E-state index contributed by atoms with van der Waals surface area (Å²) < 4.78 is 5.41. The number of hydrogen-bond donors (Lipinski definition) is 0. The minimum absolute atomic E-state index is 0.108. The monoisotopic (exact) mass is 324 g/mol. The van der Waals surface area contributed by atoms with Crippen LogP contribution in [0.1, 0.15) is 19.8 Å². The van der Waals surface area contributed by atoms with E-state index in [4.69, 9.17) is 16.3 Å². The van der Waals surface area contributed by atoms with E-state index < -0.39 is 0 Å². The third-order valence-electron chi connectivity index (χ3n) is 4.44. The van der Waals surface area contributed by atoms with E-state index in [-0.39, 0.29) is 17.9 Å². The summed E-state index contributed by atoms with van der Waals surface area (Å²) in [4.78, 5) is 16.8. The smallest absolute Gasteiger partial charge is 0.226 e. The third kappa shape index (κ3) is 3.33. The van der Waals surface area contributed by atoms with Crippen molar-refractivity contribution in [2.45, 2.75) is 25.8 Å². The molecule has 0 unspecified atom stereocenters. The third-order valence-corrected chi connectivity index (χ3v) is 4.64. The highest BCUT2D eigenvalue weighted by Crippen LogP contribution is 2.24. The maximum atomic E-state index is 12.7. The molecule has 1 amide bonds. The van der Waals surface area contributed by atoms with Crippen LogP contribution in [0, 0.1) is 5.92 Å². The number of hydrogen-bond acceptors (Lipinski definition) is 5. The van der Waals surface area contributed by atoms with Gasteiger partial charge in [0.15, 0.2) is 11.0 Å². The van der Waals surface area contributed by atoms with Crippen LogP contribution in [-0.2, 0) is 9.53 Å². The lowest BCUT2D eigenvalue weighted by Crippen LogP contribution is -2.51. The van der Waals surface area contributed by atoms with Gasteiger partial charge in [-0.05, 0) is 31.9 Å². The minimum Gasteiger partial charge on any atom is -0.377 e. The Morgan fingerprint density at radius 1 is 1.27 bits per heavy atom. The van der Waals surface area contributed by atoms with Crippen LogP contribution >= 0.6 is 11.6 Å². The van der Waals surface area contributed by atoms with Gasteiger partial charge in [0.2, 0.25) is 5.91 Å². The number of carbonyl (C=O) groups excluding carboxylic acids is 1. The molecule has 7 heteroatoms. The van der Waals surface area contributed by atoms with Gasteiger partial charge in [-0.25, -0.2) is 0 Å². The van der Waals surface area contributed by atoms with Gasteiger partial charge in [-0.3, -0.25) is 4.79 Å². The maximum Gasteiger partial charge on any atom is 0.226 e. The molecule has 0 radical (unpaired) electrons. The van der Waals surface area contributed by atoms with Gasteiger partial charge in [-0.15, -0.1) is 10.2 Å². The minimum atomic E-state index is 0.108. The van der Waals surface area contributed by atoms with Gasteiger partial charge in [0.25, 0.3) is 0 Å². The molecule has 120 valence electrons. The van der Waals surface area contributed by atoms with Gasteiger partial charge < -0.3 is 14.5 Å². The quantitative estimate of drug-likeness (QED) is 0.827. The molecular formula is C15H21ClN4O2. The van der Waals surface area contributed by atoms with Crippen LogP contribution in [0.15, 0.2) is 12.1 Å². The first-order chi connectivity index (χ1) is 10.6. The number of piperidine rings is 1. The number of ether oxygens (including phenoxy) is 1. The Bertz CT molecular complexity index is 517. The molecule has 2 saturated heterocycles. The zero-order valence-corrected chi connectivity index (χ0v) is 13.5. The van der Waals surface area contributed by atoms with E-state index in [1.807, 2.05) is 11.0 Å². The average Bonchev–Trinajstić information content (AvgIpc) is 2.56. The summed E-state index contributed by atoms with van der Waals surface area (Å²) in [5, 5.41) is 8.38. The zero-order valence-electron chi connectivity index (χ0n) is 12.7. The second-order valence-electron chi connectivity index (χ2n) is 5.93. The van der Waals surface area contributed by atoms with E-state index >= 15 is 0 Å². The van der Waals surface area contributed by atoms with E-state index in [0.717, 1.165) is 31.7 Å². The molecule has 0 N–H and O–H groups in total. The molecule has 0 aromatic carbocycles. The summed E-state index contributed by atoms with van der Waals surface area (Å²) in [6.07, 6.45) is 1.71. The number of amides is 1. The van der Waals surface area contributed by atoms with E-state index in [0.29, 0.717) is 24.9 Å². The van der Waals surface area contributed by atoms with Crippen molar-refractivity contribution in [1.82, 2.24) is 15.1 Å². The van der Waals surface area contributed by atoms with Crippen molar-refractivity contribution in [2.75, 3.05) is 37.7 Å². The lowest BCUT2D eigenvalue weighted by molar-refractivity contribution is -0.144. The Labute approximate surface area is 135 Å². The summed E-state index contributed by atoms with van der Waals surface area (Å²) in [5.41, 5.74) is 0. The fraction of sp³-hybridized carbons (Fsp3) is 0.667. The van der Waals surface area contributed by atoms with Crippen LogP contribution < -0.4 is 4.90 Å². The molecule has 22 heavy (non-hydrogen) atoms. The standard InChI is InChI=1S/C15H21ClN4O2/c1-11-10-22-9-8-20(11)15(21)12-4-6-19(7-5-12)14-3-2-13(16)17-18-14/h2-3,11-12H,4-10H2,1H3/t11-/m0/s1. The predicted molar refractivity (Wildman–Crippen MR) is 84.0 cm³/mol. The highest BCUT2D eigenvalue weighted by molar-refractivity contribution is 6.29. The normalized spacial score (nSPS) is 23.6. The van der Waals surface area contributed by atoms with E-state index in [1.54, 1.807) is 6.07 Å². The molecule has 1 aromatic heterocycles. The summed E-state index contributed by atoms with van der Waals surface area (Å²) in [6, 6.07) is 3.80. The maximum absolute atomic E-state index is 12.7. The molecule has 1 atom stereocenters. The Hall–Kier alpha value is -1.40. The zero-order chi connectivity index (χ0) is 15.5. The number of halogens is 1. The molecule has 2 fully saturated rings. The first kappa shape index (κ1) is 15.5. The van der Waals surface area contributed by atoms with Crippen molar-refractivity contribution in [2.24, 2.45) is 5.92 Å². The molecule has 6 nitrogen and oxygen atoms in total. The number of anilines is 1. The fourth-order valence-electron chi connectivity index (χ4n) is 3.12. The second-order valence-corrected chi connectivity index (χ2v) is 6.32. The van der Waals surface area contributed by atoms with Gasteiger partial charge in [0.05, 0.1) is 19.3 Å². The van der Waals surface area contributed by atoms with Crippen LogP contribution in [-0.4, -0.2) is 59.9 Å². The van der Waals surface area contributed by atoms with Crippen molar-refractivity contribution in [3.8, 4) is 0 Å². The van der Waals surface area contributed by atoms with Crippen molar-refractivity contribution >= 4 is 23.3 Å². The van der Waals surface area contributed by atoms with Crippen LogP contribution in [0.4, 0.5) is 5.82 Å². The number of aromatic nitrogens is 2. The molecule has 0 spiro atoms. The highest BCUT2D eigenvalue weighted by Gasteiger charge is 2.32. The van der Waals surface area contributed by atoms with Crippen LogP contribution in [0.2, 0.25) is 5.15 Å². The average molecular weight is 325 g/mol. The number of nitrogens with zero attached hydrogens (tertiary/aromatic N) is 4.